The van der Waals surface area contributed by atoms with Crippen LogP contribution in [0.5, 0.6) is 0 Å². The van der Waals surface area contributed by atoms with E-state index < -0.39 is 20.8 Å². The minimum absolute atomic E-state index is 0.0769. The van der Waals surface area contributed by atoms with Gasteiger partial charge in [0.15, 0.2) is 9.84 Å². The first-order valence-corrected chi connectivity index (χ1v) is 9.16. The molecule has 0 saturated heterocycles. The van der Waals surface area contributed by atoms with Gasteiger partial charge in [-0.2, -0.15) is 0 Å². The third-order valence-corrected chi connectivity index (χ3v) is 4.52. The van der Waals surface area contributed by atoms with Crippen molar-refractivity contribution in [3.8, 4) is 11.1 Å². The fraction of sp³-hybridized carbons (Fsp3) is 0.375. The summed E-state index contributed by atoms with van der Waals surface area (Å²) in [6.45, 7) is 3.66. The average Bonchev–Trinajstić information content (AvgIpc) is 2.53. The Morgan fingerprint density at radius 3 is 2.33 bits per heavy atom. The molecule has 0 aliphatic heterocycles. The molecular formula is C16H20N2O5S. The molecule has 0 atom stereocenters. The highest BCUT2D eigenvalue weighted by Crippen LogP contribution is 2.19. The molecule has 1 N–H and O–H groups in total. The van der Waals surface area contributed by atoms with Gasteiger partial charge in [-0.25, -0.2) is 8.42 Å². The van der Waals surface area contributed by atoms with E-state index in [4.69, 9.17) is 4.84 Å². The summed E-state index contributed by atoms with van der Waals surface area (Å²) in [4.78, 5) is 18.4. The second kappa shape index (κ2) is 6.74. The van der Waals surface area contributed by atoms with Gasteiger partial charge >= 0.3 is 5.56 Å². The molecule has 130 valence electrons. The number of nitrogens with zero attached hydrogens (tertiary/aromatic N) is 2. The van der Waals surface area contributed by atoms with Gasteiger partial charge in [0.25, 0.3) is 0 Å². The molecule has 2 aromatic rings. The Morgan fingerprint density at radius 2 is 1.83 bits per heavy atom. The molecule has 0 radical (unpaired) electrons. The lowest BCUT2D eigenvalue weighted by Gasteiger charge is -2.21. The Morgan fingerprint density at radius 1 is 1.21 bits per heavy atom. The summed E-state index contributed by atoms with van der Waals surface area (Å²) >= 11 is 0. The first-order valence-electron chi connectivity index (χ1n) is 7.26. The number of hydrogen-bond acceptors (Lipinski definition) is 6. The number of aromatic nitrogens is 2. The van der Waals surface area contributed by atoms with Crippen molar-refractivity contribution >= 4 is 9.84 Å². The van der Waals surface area contributed by atoms with Crippen molar-refractivity contribution in [3.63, 3.8) is 0 Å². The molecule has 1 heterocycles. The third-order valence-electron chi connectivity index (χ3n) is 3.39. The van der Waals surface area contributed by atoms with Crippen molar-refractivity contribution in [3.05, 3.63) is 46.9 Å². The summed E-state index contributed by atoms with van der Waals surface area (Å²) in [6, 6.07) is 7.56. The standard InChI is InChI=1S/C16H20N2O5S/c1-16(2,10-19)11-23-18-15(20)8-13(9-17-18)12-4-6-14(7-5-12)24(3,21)22/h4-9,19H,10-11H2,1-3H3. The summed E-state index contributed by atoms with van der Waals surface area (Å²) < 4.78 is 22.9. The lowest BCUT2D eigenvalue weighted by molar-refractivity contribution is -0.00285. The molecular weight excluding hydrogens is 332 g/mol. The molecule has 0 amide bonds. The van der Waals surface area contributed by atoms with E-state index in [9.17, 15) is 18.3 Å². The summed E-state index contributed by atoms with van der Waals surface area (Å²) in [5.41, 5.74) is 0.297. The molecule has 0 aliphatic carbocycles. The van der Waals surface area contributed by atoms with Crippen LogP contribution in [0.1, 0.15) is 13.8 Å². The number of benzene rings is 1. The van der Waals surface area contributed by atoms with Gasteiger partial charge in [-0.15, -0.1) is 5.10 Å². The maximum absolute atomic E-state index is 12.1. The highest BCUT2D eigenvalue weighted by molar-refractivity contribution is 7.90. The Hall–Kier alpha value is -2.19. The van der Waals surface area contributed by atoms with E-state index >= 15 is 0 Å². The van der Waals surface area contributed by atoms with Crippen LogP contribution >= 0.6 is 0 Å². The fourth-order valence-electron chi connectivity index (χ4n) is 1.83. The first kappa shape index (κ1) is 18.2. The predicted octanol–water partition coefficient (Wildman–Crippen LogP) is 0.761. The summed E-state index contributed by atoms with van der Waals surface area (Å²) in [5, 5.41) is 13.1. The van der Waals surface area contributed by atoms with Crippen LogP contribution in [0.2, 0.25) is 0 Å². The van der Waals surface area contributed by atoms with Crippen molar-refractivity contribution in [1.29, 1.82) is 0 Å². The van der Waals surface area contributed by atoms with E-state index in [-0.39, 0.29) is 18.1 Å². The van der Waals surface area contributed by atoms with Gasteiger partial charge in [0.1, 0.15) is 6.61 Å². The summed E-state index contributed by atoms with van der Waals surface area (Å²) in [6.07, 6.45) is 2.60. The van der Waals surface area contributed by atoms with Crippen LogP contribution in [0.15, 0.2) is 46.2 Å². The largest absolute Gasteiger partial charge is 0.396 e. The van der Waals surface area contributed by atoms with Gasteiger partial charge in [0, 0.05) is 23.3 Å². The van der Waals surface area contributed by atoms with E-state index in [1.54, 1.807) is 26.0 Å². The molecule has 1 aromatic heterocycles. The molecule has 24 heavy (non-hydrogen) atoms. The normalized spacial score (nSPS) is 12.2. The molecule has 7 nitrogen and oxygen atoms in total. The monoisotopic (exact) mass is 352 g/mol. The highest BCUT2D eigenvalue weighted by atomic mass is 32.2. The lowest BCUT2D eigenvalue weighted by Crippen LogP contribution is -2.36. The van der Waals surface area contributed by atoms with E-state index in [1.807, 2.05) is 0 Å². The third kappa shape index (κ3) is 4.42. The van der Waals surface area contributed by atoms with Crippen LogP contribution in [-0.2, 0) is 9.84 Å². The zero-order valence-electron chi connectivity index (χ0n) is 13.8. The number of sulfone groups is 1. The average molecular weight is 352 g/mol. The smallest absolute Gasteiger partial charge is 0.303 e. The number of aliphatic hydroxyl groups is 1. The van der Waals surface area contributed by atoms with Crippen LogP contribution in [0.25, 0.3) is 11.1 Å². The zero-order valence-corrected chi connectivity index (χ0v) is 14.6. The van der Waals surface area contributed by atoms with Gasteiger partial charge in [-0.05, 0) is 17.7 Å². The Labute approximate surface area is 140 Å². The predicted molar refractivity (Wildman–Crippen MR) is 89.4 cm³/mol. The summed E-state index contributed by atoms with van der Waals surface area (Å²) in [7, 11) is -3.26. The fourth-order valence-corrected chi connectivity index (χ4v) is 2.46. The van der Waals surface area contributed by atoms with Crippen molar-refractivity contribution in [2.45, 2.75) is 18.7 Å². The van der Waals surface area contributed by atoms with Gasteiger partial charge in [-0.3, -0.25) is 4.79 Å². The lowest BCUT2D eigenvalue weighted by atomic mass is 9.97. The van der Waals surface area contributed by atoms with Crippen molar-refractivity contribution < 1.29 is 18.4 Å². The molecule has 0 unspecified atom stereocenters. The topological polar surface area (TPSA) is 98.5 Å². The van der Waals surface area contributed by atoms with E-state index in [1.165, 1.54) is 24.4 Å². The Kier molecular flexibility index (Phi) is 5.10. The summed E-state index contributed by atoms with van der Waals surface area (Å²) in [5.74, 6) is 0. The van der Waals surface area contributed by atoms with Crippen molar-refractivity contribution in [2.24, 2.45) is 5.41 Å². The van der Waals surface area contributed by atoms with Gasteiger partial charge in [-0.1, -0.05) is 30.8 Å². The van der Waals surface area contributed by atoms with Crippen LogP contribution in [-0.4, -0.2) is 42.9 Å². The number of rotatable bonds is 6. The Bertz CT molecular complexity index is 870. The maximum atomic E-state index is 12.1. The van der Waals surface area contributed by atoms with Crippen LogP contribution < -0.4 is 10.4 Å². The van der Waals surface area contributed by atoms with Crippen molar-refractivity contribution in [2.75, 3.05) is 19.5 Å². The second-order valence-electron chi connectivity index (χ2n) is 6.35. The van der Waals surface area contributed by atoms with Crippen LogP contribution in [0.4, 0.5) is 0 Å². The zero-order chi connectivity index (χ0) is 18.0. The first-order chi connectivity index (χ1) is 11.1. The molecule has 0 spiro atoms. The van der Waals surface area contributed by atoms with E-state index in [0.29, 0.717) is 11.1 Å². The van der Waals surface area contributed by atoms with Gasteiger partial charge < -0.3 is 9.94 Å². The quantitative estimate of drug-likeness (QED) is 0.824. The molecule has 0 bridgehead atoms. The SMILES string of the molecule is CC(C)(CO)COn1ncc(-c2ccc(S(C)(=O)=O)cc2)cc1=O. The van der Waals surface area contributed by atoms with E-state index in [2.05, 4.69) is 5.10 Å². The van der Waals surface area contributed by atoms with E-state index in [0.717, 1.165) is 11.1 Å². The Balaban J connectivity index is 2.22. The van der Waals surface area contributed by atoms with Crippen LogP contribution in [0, 0.1) is 5.41 Å². The van der Waals surface area contributed by atoms with Crippen molar-refractivity contribution in [1.82, 2.24) is 9.94 Å². The minimum Gasteiger partial charge on any atom is -0.396 e. The minimum atomic E-state index is -3.26. The molecule has 2 rings (SSSR count). The molecule has 8 heteroatoms. The number of aliphatic hydroxyl groups excluding tert-OH is 1. The van der Waals surface area contributed by atoms with Gasteiger partial charge in [0.05, 0.1) is 17.7 Å². The molecule has 1 aromatic carbocycles. The molecule has 0 aliphatic rings. The number of hydrogen-bond donors (Lipinski definition) is 1. The molecule has 0 saturated carbocycles. The molecule has 0 fully saturated rings. The maximum Gasteiger partial charge on any atom is 0.303 e. The highest BCUT2D eigenvalue weighted by Gasteiger charge is 2.18. The second-order valence-corrected chi connectivity index (χ2v) is 8.36. The van der Waals surface area contributed by atoms with Gasteiger partial charge in [0.2, 0.25) is 0 Å². The van der Waals surface area contributed by atoms with Crippen LogP contribution in [0.3, 0.4) is 0 Å².